The molecule has 0 radical (unpaired) electrons. The van der Waals surface area contributed by atoms with Crippen LogP contribution in [0.3, 0.4) is 0 Å². The van der Waals surface area contributed by atoms with Gasteiger partial charge in [0.05, 0.1) is 0 Å². The molecule has 1 N–H and O–H groups in total. The Morgan fingerprint density at radius 3 is 2.38 bits per heavy atom. The zero-order valence-electron chi connectivity index (χ0n) is 8.12. The van der Waals surface area contributed by atoms with Crippen molar-refractivity contribution in [3.05, 3.63) is 54.3 Å². The molecule has 0 unspecified atom stereocenters. The number of allylic oxidation sites excluding steroid dienone is 3. The summed E-state index contributed by atoms with van der Waals surface area (Å²) in [6.45, 7) is 4.03. The van der Waals surface area contributed by atoms with Gasteiger partial charge in [-0.3, -0.25) is 0 Å². The predicted molar refractivity (Wildman–Crippen MR) is 58.6 cm³/mol. The van der Waals surface area contributed by atoms with Crippen LogP contribution in [0.2, 0.25) is 0 Å². The van der Waals surface area contributed by atoms with Crippen LogP contribution < -0.4 is 5.32 Å². The van der Waals surface area contributed by atoms with E-state index < -0.39 is 0 Å². The fourth-order valence-electron chi connectivity index (χ4n) is 1.08. The Balaban J connectivity index is 2.68. The highest BCUT2D eigenvalue weighted by Crippen LogP contribution is 2.09. The summed E-state index contributed by atoms with van der Waals surface area (Å²) in [6, 6.07) is 10.1. The van der Waals surface area contributed by atoms with E-state index in [0.29, 0.717) is 0 Å². The van der Waals surface area contributed by atoms with Crippen LogP contribution in [-0.2, 0) is 0 Å². The number of anilines is 1. The lowest BCUT2D eigenvalue weighted by molar-refractivity contribution is 1.43. The number of rotatable bonds is 3. The normalized spacial score (nSPS) is 12.0. The first-order valence-corrected chi connectivity index (χ1v) is 4.48. The van der Waals surface area contributed by atoms with E-state index >= 15 is 0 Å². The fraction of sp³-hybridized carbons (Fsp3) is 0.167. The number of hydrogen-bond acceptors (Lipinski definition) is 1. The van der Waals surface area contributed by atoms with Crippen molar-refractivity contribution in [1.82, 2.24) is 0 Å². The molecule has 1 heteroatoms. The maximum Gasteiger partial charge on any atom is 0.0384 e. The lowest BCUT2D eigenvalue weighted by Crippen LogP contribution is -1.95. The lowest BCUT2D eigenvalue weighted by Gasteiger charge is -2.05. The average Bonchev–Trinajstić information content (AvgIpc) is 2.19. The molecule has 1 aromatic carbocycles. The van der Waals surface area contributed by atoms with Gasteiger partial charge in [-0.05, 0) is 32.1 Å². The Labute approximate surface area is 79.8 Å². The standard InChI is InChI=1S/C12H15N/c1-3-8-11(4-2)13-12-9-6-5-7-10-12/h3-10,13H,1-2H3/b8-3-,11-4+. The van der Waals surface area contributed by atoms with Crippen LogP contribution >= 0.6 is 0 Å². The fourth-order valence-corrected chi connectivity index (χ4v) is 1.08. The van der Waals surface area contributed by atoms with Gasteiger partial charge in [-0.1, -0.05) is 30.4 Å². The molecule has 13 heavy (non-hydrogen) atoms. The lowest BCUT2D eigenvalue weighted by atomic mass is 10.3. The van der Waals surface area contributed by atoms with E-state index in [4.69, 9.17) is 0 Å². The zero-order valence-corrected chi connectivity index (χ0v) is 8.12. The second kappa shape index (κ2) is 5.20. The molecule has 0 amide bonds. The molecule has 0 saturated heterocycles. The molecule has 1 aromatic rings. The van der Waals surface area contributed by atoms with Crippen molar-refractivity contribution in [3.8, 4) is 0 Å². The predicted octanol–water partition coefficient (Wildman–Crippen LogP) is 3.58. The maximum absolute atomic E-state index is 3.30. The van der Waals surface area contributed by atoms with Gasteiger partial charge in [0, 0.05) is 11.4 Å². The Bertz CT molecular complexity index is 296. The second-order valence-electron chi connectivity index (χ2n) is 2.74. The monoisotopic (exact) mass is 173 g/mol. The quantitative estimate of drug-likeness (QED) is 0.689. The van der Waals surface area contributed by atoms with Crippen molar-refractivity contribution in [2.75, 3.05) is 5.32 Å². The molecule has 1 nitrogen and oxygen atoms in total. The second-order valence-corrected chi connectivity index (χ2v) is 2.74. The van der Waals surface area contributed by atoms with E-state index in [1.807, 2.05) is 62.4 Å². The van der Waals surface area contributed by atoms with Gasteiger partial charge < -0.3 is 5.32 Å². The maximum atomic E-state index is 3.30. The molecule has 68 valence electrons. The largest absolute Gasteiger partial charge is 0.356 e. The first-order chi connectivity index (χ1) is 6.36. The van der Waals surface area contributed by atoms with Gasteiger partial charge in [0.2, 0.25) is 0 Å². The van der Waals surface area contributed by atoms with Crippen LogP contribution in [0.1, 0.15) is 13.8 Å². The van der Waals surface area contributed by atoms with Crippen LogP contribution in [0.15, 0.2) is 54.3 Å². The third kappa shape index (κ3) is 3.16. The van der Waals surface area contributed by atoms with E-state index in [0.717, 1.165) is 11.4 Å². The van der Waals surface area contributed by atoms with Crippen molar-refractivity contribution in [1.29, 1.82) is 0 Å². The van der Waals surface area contributed by atoms with E-state index in [1.54, 1.807) is 0 Å². The van der Waals surface area contributed by atoms with E-state index in [9.17, 15) is 0 Å². The van der Waals surface area contributed by atoms with Crippen molar-refractivity contribution < 1.29 is 0 Å². The van der Waals surface area contributed by atoms with Crippen molar-refractivity contribution in [2.24, 2.45) is 0 Å². The molecule has 0 spiro atoms. The minimum atomic E-state index is 1.12. The molecule has 0 aliphatic carbocycles. The van der Waals surface area contributed by atoms with Gasteiger partial charge in [0.15, 0.2) is 0 Å². The smallest absolute Gasteiger partial charge is 0.0384 e. The van der Waals surface area contributed by atoms with E-state index in [2.05, 4.69) is 5.32 Å². The number of hydrogen-bond donors (Lipinski definition) is 1. The summed E-state index contributed by atoms with van der Waals surface area (Å²) in [4.78, 5) is 0. The summed E-state index contributed by atoms with van der Waals surface area (Å²) in [5.74, 6) is 0. The Morgan fingerprint density at radius 1 is 1.15 bits per heavy atom. The summed E-state index contributed by atoms with van der Waals surface area (Å²) < 4.78 is 0. The van der Waals surface area contributed by atoms with Gasteiger partial charge in [0.25, 0.3) is 0 Å². The highest BCUT2D eigenvalue weighted by molar-refractivity contribution is 5.50. The highest BCUT2D eigenvalue weighted by Gasteiger charge is 1.90. The highest BCUT2D eigenvalue weighted by atomic mass is 14.9. The first kappa shape index (κ1) is 9.59. The molecule has 0 fully saturated rings. The third-order valence-electron chi connectivity index (χ3n) is 1.72. The third-order valence-corrected chi connectivity index (χ3v) is 1.72. The minimum absolute atomic E-state index is 1.12. The molecule has 0 saturated carbocycles. The van der Waals surface area contributed by atoms with Gasteiger partial charge in [-0.25, -0.2) is 0 Å². The number of benzene rings is 1. The summed E-state index contributed by atoms with van der Waals surface area (Å²) in [5.41, 5.74) is 2.24. The summed E-state index contributed by atoms with van der Waals surface area (Å²) in [5, 5.41) is 3.30. The van der Waals surface area contributed by atoms with Crippen LogP contribution in [0, 0.1) is 0 Å². The molecule has 1 rings (SSSR count). The minimum Gasteiger partial charge on any atom is -0.356 e. The average molecular weight is 173 g/mol. The summed E-state index contributed by atoms with van der Waals surface area (Å²) in [6.07, 6.45) is 6.12. The molecular formula is C12H15N. The van der Waals surface area contributed by atoms with E-state index in [-0.39, 0.29) is 0 Å². The Kier molecular flexibility index (Phi) is 3.83. The first-order valence-electron chi connectivity index (χ1n) is 4.48. The topological polar surface area (TPSA) is 12.0 Å². The van der Waals surface area contributed by atoms with Gasteiger partial charge >= 0.3 is 0 Å². The molecule has 0 aliphatic heterocycles. The zero-order chi connectivity index (χ0) is 9.52. The number of para-hydroxylation sites is 1. The van der Waals surface area contributed by atoms with Crippen molar-refractivity contribution >= 4 is 5.69 Å². The molecule has 0 heterocycles. The van der Waals surface area contributed by atoms with Gasteiger partial charge in [-0.15, -0.1) is 0 Å². The van der Waals surface area contributed by atoms with Crippen molar-refractivity contribution in [3.63, 3.8) is 0 Å². The molecule has 0 atom stereocenters. The molecule has 0 aromatic heterocycles. The Morgan fingerprint density at radius 2 is 1.85 bits per heavy atom. The SMILES string of the molecule is C/C=C\C(=C/C)Nc1ccccc1. The van der Waals surface area contributed by atoms with E-state index in [1.165, 1.54) is 0 Å². The van der Waals surface area contributed by atoms with Crippen LogP contribution in [-0.4, -0.2) is 0 Å². The van der Waals surface area contributed by atoms with Gasteiger partial charge in [0.1, 0.15) is 0 Å². The van der Waals surface area contributed by atoms with Crippen LogP contribution in [0.25, 0.3) is 0 Å². The summed E-state index contributed by atoms with van der Waals surface area (Å²) in [7, 11) is 0. The van der Waals surface area contributed by atoms with Crippen LogP contribution in [0.4, 0.5) is 5.69 Å². The van der Waals surface area contributed by atoms with Gasteiger partial charge in [-0.2, -0.15) is 0 Å². The van der Waals surface area contributed by atoms with Crippen molar-refractivity contribution in [2.45, 2.75) is 13.8 Å². The Hall–Kier alpha value is -1.50. The number of nitrogens with one attached hydrogen (secondary N) is 1. The summed E-state index contributed by atoms with van der Waals surface area (Å²) >= 11 is 0. The molecule has 0 bridgehead atoms. The molecule has 0 aliphatic rings. The molecular weight excluding hydrogens is 158 g/mol. The van der Waals surface area contributed by atoms with Crippen LogP contribution in [0.5, 0.6) is 0 Å².